The smallest absolute Gasteiger partial charge is 0.321 e. The van der Waals surface area contributed by atoms with Crippen LogP contribution in [0.5, 0.6) is 0 Å². The zero-order valence-electron chi connectivity index (χ0n) is 12.3. The molecule has 2 amide bonds. The Balaban J connectivity index is 1.96. The van der Waals surface area contributed by atoms with Gasteiger partial charge in [0.1, 0.15) is 0 Å². The molecule has 0 unspecified atom stereocenters. The van der Waals surface area contributed by atoms with Gasteiger partial charge in [-0.05, 0) is 36.4 Å². The molecule has 6 heteroatoms. The van der Waals surface area contributed by atoms with E-state index in [-0.39, 0.29) is 19.2 Å². The highest BCUT2D eigenvalue weighted by Crippen LogP contribution is 2.20. The fourth-order valence-electron chi connectivity index (χ4n) is 1.69. The van der Waals surface area contributed by atoms with Crippen LogP contribution in [0.15, 0.2) is 64.8 Å². The summed E-state index contributed by atoms with van der Waals surface area (Å²) in [5.74, 6) is 0. The molecular formula is C16H18N4O2. The van der Waals surface area contributed by atoms with Gasteiger partial charge in [0.25, 0.3) is 0 Å². The van der Waals surface area contributed by atoms with Crippen LogP contribution in [0.4, 0.5) is 21.9 Å². The van der Waals surface area contributed by atoms with E-state index in [4.69, 9.17) is 5.11 Å². The minimum Gasteiger partial charge on any atom is -0.395 e. The summed E-state index contributed by atoms with van der Waals surface area (Å²) in [6.07, 6.45) is 0. The molecule has 0 atom stereocenters. The molecular weight excluding hydrogens is 280 g/mol. The zero-order chi connectivity index (χ0) is 15.8. The molecule has 2 aromatic carbocycles. The monoisotopic (exact) mass is 298 g/mol. The zero-order valence-corrected chi connectivity index (χ0v) is 12.3. The van der Waals surface area contributed by atoms with Gasteiger partial charge in [0, 0.05) is 19.3 Å². The van der Waals surface area contributed by atoms with Crippen LogP contribution in [0.3, 0.4) is 0 Å². The normalized spacial score (nSPS) is 10.6. The summed E-state index contributed by atoms with van der Waals surface area (Å²) >= 11 is 0. The number of likely N-dealkylation sites (N-methyl/N-ethyl adjacent to an activating group) is 1. The standard InChI is InChI=1S/C16H18N4O2/c1-20(11-12-21)16(22)17-13-7-9-15(10-8-13)19-18-14-5-3-2-4-6-14/h2-10,21H,11-12H2,1H3,(H,17,22). The number of amides is 2. The van der Waals surface area contributed by atoms with E-state index in [0.29, 0.717) is 11.4 Å². The largest absolute Gasteiger partial charge is 0.395 e. The number of anilines is 1. The van der Waals surface area contributed by atoms with Crippen molar-refractivity contribution in [3.8, 4) is 0 Å². The number of nitrogens with zero attached hydrogens (tertiary/aromatic N) is 3. The van der Waals surface area contributed by atoms with Gasteiger partial charge in [-0.25, -0.2) is 4.79 Å². The molecule has 0 spiro atoms. The van der Waals surface area contributed by atoms with Crippen molar-refractivity contribution in [3.63, 3.8) is 0 Å². The molecule has 0 saturated heterocycles. The minimum absolute atomic E-state index is 0.0667. The number of carbonyl (C=O) groups excluding carboxylic acids is 1. The summed E-state index contributed by atoms with van der Waals surface area (Å²) < 4.78 is 0. The molecule has 114 valence electrons. The van der Waals surface area contributed by atoms with Crippen molar-refractivity contribution in [1.29, 1.82) is 0 Å². The lowest BCUT2D eigenvalue weighted by Crippen LogP contribution is -2.33. The third-order valence-corrected chi connectivity index (χ3v) is 2.94. The first-order valence-electron chi connectivity index (χ1n) is 6.89. The lowest BCUT2D eigenvalue weighted by atomic mass is 10.3. The van der Waals surface area contributed by atoms with Crippen LogP contribution in [0.1, 0.15) is 0 Å². The second-order valence-electron chi connectivity index (χ2n) is 4.66. The summed E-state index contributed by atoms with van der Waals surface area (Å²) in [5.41, 5.74) is 2.14. The van der Waals surface area contributed by atoms with Crippen molar-refractivity contribution in [2.45, 2.75) is 0 Å². The molecule has 0 saturated carbocycles. The van der Waals surface area contributed by atoms with Gasteiger partial charge in [0.15, 0.2) is 0 Å². The van der Waals surface area contributed by atoms with Crippen molar-refractivity contribution in [2.24, 2.45) is 10.2 Å². The van der Waals surface area contributed by atoms with Crippen LogP contribution in [0, 0.1) is 0 Å². The van der Waals surface area contributed by atoms with E-state index in [1.54, 1.807) is 31.3 Å². The van der Waals surface area contributed by atoms with Gasteiger partial charge in [0.05, 0.1) is 18.0 Å². The Morgan fingerprint density at radius 2 is 1.64 bits per heavy atom. The molecule has 2 N–H and O–H groups in total. The van der Waals surface area contributed by atoms with Gasteiger partial charge in [-0.2, -0.15) is 10.2 Å². The lowest BCUT2D eigenvalue weighted by molar-refractivity contribution is 0.202. The number of urea groups is 1. The third kappa shape index (κ3) is 4.68. The fourth-order valence-corrected chi connectivity index (χ4v) is 1.69. The van der Waals surface area contributed by atoms with E-state index in [9.17, 15) is 4.79 Å². The van der Waals surface area contributed by atoms with Crippen molar-refractivity contribution < 1.29 is 9.90 Å². The van der Waals surface area contributed by atoms with E-state index in [2.05, 4.69) is 15.5 Å². The molecule has 22 heavy (non-hydrogen) atoms. The molecule has 0 aliphatic carbocycles. The number of azo groups is 1. The third-order valence-electron chi connectivity index (χ3n) is 2.94. The van der Waals surface area contributed by atoms with E-state index < -0.39 is 0 Å². The summed E-state index contributed by atoms with van der Waals surface area (Å²) in [4.78, 5) is 13.2. The van der Waals surface area contributed by atoms with Gasteiger partial charge in [0.2, 0.25) is 0 Å². The van der Waals surface area contributed by atoms with Crippen molar-refractivity contribution >= 4 is 23.1 Å². The summed E-state index contributed by atoms with van der Waals surface area (Å²) in [6, 6.07) is 16.2. The average Bonchev–Trinajstić information content (AvgIpc) is 2.55. The Morgan fingerprint density at radius 1 is 1.05 bits per heavy atom. The maximum atomic E-state index is 11.8. The predicted molar refractivity (Wildman–Crippen MR) is 85.8 cm³/mol. The SMILES string of the molecule is CN(CCO)C(=O)Nc1ccc(N=Nc2ccccc2)cc1. The van der Waals surface area contributed by atoms with Crippen molar-refractivity contribution in [2.75, 3.05) is 25.5 Å². The maximum absolute atomic E-state index is 11.8. The van der Waals surface area contributed by atoms with E-state index in [1.807, 2.05) is 30.3 Å². The molecule has 0 aliphatic heterocycles. The van der Waals surface area contributed by atoms with E-state index in [1.165, 1.54) is 4.90 Å². The Kier molecular flexibility index (Phi) is 5.62. The molecule has 0 aromatic heterocycles. The first kappa shape index (κ1) is 15.7. The Bertz CT molecular complexity index is 626. The highest BCUT2D eigenvalue weighted by molar-refractivity contribution is 5.89. The second kappa shape index (κ2) is 7.90. The van der Waals surface area contributed by atoms with Crippen LogP contribution in [0.25, 0.3) is 0 Å². The van der Waals surface area contributed by atoms with Crippen LogP contribution in [0.2, 0.25) is 0 Å². The summed E-state index contributed by atoms with van der Waals surface area (Å²) in [6.45, 7) is 0.220. The van der Waals surface area contributed by atoms with Crippen molar-refractivity contribution in [3.05, 3.63) is 54.6 Å². The Morgan fingerprint density at radius 3 is 2.23 bits per heavy atom. The summed E-state index contributed by atoms with van der Waals surface area (Å²) in [7, 11) is 1.62. The number of nitrogens with one attached hydrogen (secondary N) is 1. The number of carbonyl (C=O) groups is 1. The Labute approximate surface area is 129 Å². The van der Waals surface area contributed by atoms with Gasteiger partial charge >= 0.3 is 6.03 Å². The number of aliphatic hydroxyl groups excluding tert-OH is 1. The topological polar surface area (TPSA) is 77.3 Å². The first-order chi connectivity index (χ1) is 10.7. The average molecular weight is 298 g/mol. The number of hydrogen-bond donors (Lipinski definition) is 2. The van der Waals surface area contributed by atoms with Crippen LogP contribution >= 0.6 is 0 Å². The molecule has 2 rings (SSSR count). The van der Waals surface area contributed by atoms with Crippen molar-refractivity contribution in [1.82, 2.24) is 4.90 Å². The predicted octanol–water partition coefficient (Wildman–Crippen LogP) is 3.56. The number of aliphatic hydroxyl groups is 1. The maximum Gasteiger partial charge on any atom is 0.321 e. The molecule has 0 fully saturated rings. The molecule has 2 aromatic rings. The van der Waals surface area contributed by atoms with Gasteiger partial charge in [-0.15, -0.1) is 0 Å². The highest BCUT2D eigenvalue weighted by atomic mass is 16.3. The van der Waals surface area contributed by atoms with E-state index in [0.717, 1.165) is 5.69 Å². The first-order valence-corrected chi connectivity index (χ1v) is 6.89. The second-order valence-corrected chi connectivity index (χ2v) is 4.66. The molecule has 0 heterocycles. The van der Waals surface area contributed by atoms with Crippen LogP contribution < -0.4 is 5.32 Å². The molecule has 6 nitrogen and oxygen atoms in total. The lowest BCUT2D eigenvalue weighted by Gasteiger charge is -2.16. The molecule has 0 bridgehead atoms. The number of rotatable bonds is 5. The highest BCUT2D eigenvalue weighted by Gasteiger charge is 2.07. The molecule has 0 radical (unpaired) electrons. The summed E-state index contributed by atoms with van der Waals surface area (Å²) in [5, 5.41) is 19.8. The minimum atomic E-state index is -0.271. The van der Waals surface area contributed by atoms with E-state index >= 15 is 0 Å². The van der Waals surface area contributed by atoms with Gasteiger partial charge < -0.3 is 15.3 Å². The fraction of sp³-hybridized carbons (Fsp3) is 0.188. The van der Waals surface area contributed by atoms with Gasteiger partial charge in [-0.3, -0.25) is 0 Å². The number of hydrogen-bond acceptors (Lipinski definition) is 4. The quantitative estimate of drug-likeness (QED) is 0.828. The van der Waals surface area contributed by atoms with Crippen LogP contribution in [-0.2, 0) is 0 Å². The van der Waals surface area contributed by atoms with Crippen LogP contribution in [-0.4, -0.2) is 36.2 Å². The van der Waals surface area contributed by atoms with Gasteiger partial charge in [-0.1, -0.05) is 18.2 Å². The Hall–Kier alpha value is -2.73. The number of benzene rings is 2. The molecule has 0 aliphatic rings.